The first-order valence-electron chi connectivity index (χ1n) is 3.42. The molecular weight excluding hydrogens is 204 g/mol. The first kappa shape index (κ1) is 8.40. The lowest BCUT2D eigenvalue weighted by Crippen LogP contribution is -1.79. The molecule has 1 aromatic heterocycles. The Morgan fingerprint density at radius 3 is 3.00 bits per heavy atom. The van der Waals surface area contributed by atoms with Gasteiger partial charge in [0.2, 0.25) is 0 Å². The van der Waals surface area contributed by atoms with Gasteiger partial charge >= 0.3 is 0 Å². The lowest BCUT2D eigenvalue weighted by atomic mass is 10.3. The van der Waals surface area contributed by atoms with Crippen LogP contribution in [0.1, 0.15) is 12.1 Å². The van der Waals surface area contributed by atoms with Gasteiger partial charge in [-0.3, -0.25) is 9.97 Å². The van der Waals surface area contributed by atoms with Crippen LogP contribution in [0.3, 0.4) is 0 Å². The maximum Gasteiger partial charge on any atom is 0.0809 e. The summed E-state index contributed by atoms with van der Waals surface area (Å²) in [5, 5.41) is 0.990. The number of rotatable bonds is 3. The number of hydrogen-bond acceptors (Lipinski definition) is 2. The van der Waals surface area contributed by atoms with E-state index in [-0.39, 0.29) is 0 Å². The molecule has 0 aliphatic carbocycles. The van der Waals surface area contributed by atoms with Crippen molar-refractivity contribution in [3.63, 3.8) is 0 Å². The molecule has 0 aliphatic heterocycles. The summed E-state index contributed by atoms with van der Waals surface area (Å²) in [5.74, 6) is 0. The molecule has 3 heteroatoms. The molecule has 0 saturated carbocycles. The van der Waals surface area contributed by atoms with Crippen LogP contribution in [-0.4, -0.2) is 15.3 Å². The third kappa shape index (κ3) is 3.28. The van der Waals surface area contributed by atoms with E-state index in [0.29, 0.717) is 0 Å². The quantitative estimate of drug-likeness (QED) is 0.719. The van der Waals surface area contributed by atoms with Crippen molar-refractivity contribution in [2.45, 2.75) is 6.42 Å². The number of hydrogen-bond donors (Lipinski definition) is 0. The largest absolute Gasteiger partial charge is 0.261 e. The third-order valence-electron chi connectivity index (χ3n) is 1.15. The Kier molecular flexibility index (Phi) is 3.83. The van der Waals surface area contributed by atoms with Gasteiger partial charge in [0.05, 0.1) is 11.9 Å². The predicted octanol–water partition coefficient (Wildman–Crippen LogP) is 2.27. The van der Waals surface area contributed by atoms with Crippen LogP contribution in [0.2, 0.25) is 0 Å². The van der Waals surface area contributed by atoms with Gasteiger partial charge in [0.25, 0.3) is 0 Å². The molecular formula is C8H9BrN2. The second kappa shape index (κ2) is 5.02. The molecule has 1 heterocycles. The minimum Gasteiger partial charge on any atom is -0.261 e. The van der Waals surface area contributed by atoms with Gasteiger partial charge in [0.1, 0.15) is 0 Å². The molecule has 0 aromatic carbocycles. The summed E-state index contributed by atoms with van der Waals surface area (Å²) in [6.07, 6.45) is 10.2. The predicted molar refractivity (Wildman–Crippen MR) is 49.5 cm³/mol. The molecule has 0 radical (unpaired) electrons. The van der Waals surface area contributed by atoms with E-state index in [1.54, 1.807) is 18.6 Å². The summed E-state index contributed by atoms with van der Waals surface area (Å²) < 4.78 is 0. The summed E-state index contributed by atoms with van der Waals surface area (Å²) >= 11 is 3.34. The summed E-state index contributed by atoms with van der Waals surface area (Å²) in [6, 6.07) is 0. The standard InChI is InChI=1S/C8H9BrN2/c9-4-2-1-3-8-7-10-5-6-11-8/h1,3,5-7H,2,4H2. The van der Waals surface area contributed by atoms with Crippen molar-refractivity contribution in [1.82, 2.24) is 9.97 Å². The van der Waals surface area contributed by atoms with E-state index in [2.05, 4.69) is 32.0 Å². The molecule has 2 nitrogen and oxygen atoms in total. The van der Waals surface area contributed by atoms with Crippen molar-refractivity contribution in [1.29, 1.82) is 0 Å². The van der Waals surface area contributed by atoms with Crippen LogP contribution in [0.15, 0.2) is 24.7 Å². The summed E-state index contributed by atoms with van der Waals surface area (Å²) in [5.41, 5.74) is 0.911. The minimum absolute atomic E-state index is 0.911. The molecule has 1 rings (SSSR count). The molecule has 0 N–H and O–H groups in total. The molecule has 0 spiro atoms. The fourth-order valence-corrected chi connectivity index (χ4v) is 0.928. The zero-order valence-electron chi connectivity index (χ0n) is 6.07. The first-order valence-corrected chi connectivity index (χ1v) is 4.54. The van der Waals surface area contributed by atoms with Crippen LogP contribution in [0.25, 0.3) is 6.08 Å². The first-order chi connectivity index (χ1) is 5.43. The number of allylic oxidation sites excluding steroid dienone is 1. The monoisotopic (exact) mass is 212 g/mol. The van der Waals surface area contributed by atoms with E-state index >= 15 is 0 Å². The smallest absolute Gasteiger partial charge is 0.0809 e. The zero-order chi connectivity index (χ0) is 7.94. The zero-order valence-corrected chi connectivity index (χ0v) is 7.66. The van der Waals surface area contributed by atoms with Crippen LogP contribution in [0, 0.1) is 0 Å². The Hall–Kier alpha value is -0.700. The van der Waals surface area contributed by atoms with Crippen molar-refractivity contribution in [3.05, 3.63) is 30.4 Å². The van der Waals surface area contributed by atoms with Crippen molar-refractivity contribution < 1.29 is 0 Å². The summed E-state index contributed by atoms with van der Waals surface area (Å²) in [4.78, 5) is 8.02. The van der Waals surface area contributed by atoms with Crippen LogP contribution in [0.5, 0.6) is 0 Å². The number of alkyl halides is 1. The molecule has 0 saturated heterocycles. The van der Waals surface area contributed by atoms with Gasteiger partial charge in [-0.15, -0.1) is 0 Å². The van der Waals surface area contributed by atoms with Gasteiger partial charge in [-0.1, -0.05) is 22.0 Å². The molecule has 0 aliphatic rings. The second-order valence-electron chi connectivity index (χ2n) is 2.01. The van der Waals surface area contributed by atoms with Crippen LogP contribution in [0.4, 0.5) is 0 Å². The summed E-state index contributed by atoms with van der Waals surface area (Å²) in [6.45, 7) is 0. The Morgan fingerprint density at radius 2 is 2.36 bits per heavy atom. The minimum atomic E-state index is 0.911. The summed E-state index contributed by atoms with van der Waals surface area (Å²) in [7, 11) is 0. The number of halogens is 1. The Balaban J connectivity index is 2.50. The SMILES string of the molecule is BrCCC=Cc1cnccn1. The van der Waals surface area contributed by atoms with Gasteiger partial charge in [-0.2, -0.15) is 0 Å². The van der Waals surface area contributed by atoms with Crippen LogP contribution >= 0.6 is 15.9 Å². The highest BCUT2D eigenvalue weighted by atomic mass is 79.9. The topological polar surface area (TPSA) is 25.8 Å². The molecule has 11 heavy (non-hydrogen) atoms. The molecule has 0 amide bonds. The van der Waals surface area contributed by atoms with E-state index in [4.69, 9.17) is 0 Å². The maximum atomic E-state index is 4.09. The normalized spacial score (nSPS) is 10.6. The van der Waals surface area contributed by atoms with E-state index in [0.717, 1.165) is 17.4 Å². The Bertz CT molecular complexity index is 221. The molecule has 58 valence electrons. The highest BCUT2D eigenvalue weighted by molar-refractivity contribution is 9.09. The van der Waals surface area contributed by atoms with E-state index in [9.17, 15) is 0 Å². The Morgan fingerprint density at radius 1 is 1.45 bits per heavy atom. The van der Waals surface area contributed by atoms with Gasteiger partial charge < -0.3 is 0 Å². The van der Waals surface area contributed by atoms with Crippen molar-refractivity contribution in [2.24, 2.45) is 0 Å². The highest BCUT2D eigenvalue weighted by Gasteiger charge is 1.83. The number of aromatic nitrogens is 2. The van der Waals surface area contributed by atoms with Crippen molar-refractivity contribution >= 4 is 22.0 Å². The third-order valence-corrected chi connectivity index (χ3v) is 1.61. The molecule has 0 unspecified atom stereocenters. The van der Waals surface area contributed by atoms with Gasteiger partial charge in [0.15, 0.2) is 0 Å². The van der Waals surface area contributed by atoms with E-state index in [1.165, 1.54) is 0 Å². The van der Waals surface area contributed by atoms with Crippen LogP contribution < -0.4 is 0 Å². The van der Waals surface area contributed by atoms with E-state index in [1.807, 2.05) is 6.08 Å². The average Bonchev–Trinajstić information content (AvgIpc) is 2.07. The fourth-order valence-electron chi connectivity index (χ4n) is 0.664. The Labute approximate surface area is 74.5 Å². The molecule has 0 atom stereocenters. The molecule has 0 bridgehead atoms. The van der Waals surface area contributed by atoms with E-state index < -0.39 is 0 Å². The molecule has 0 fully saturated rings. The molecule has 1 aromatic rings. The van der Waals surface area contributed by atoms with Crippen molar-refractivity contribution in [3.8, 4) is 0 Å². The average molecular weight is 213 g/mol. The second-order valence-corrected chi connectivity index (χ2v) is 2.80. The fraction of sp³-hybridized carbons (Fsp3) is 0.250. The highest BCUT2D eigenvalue weighted by Crippen LogP contribution is 1.96. The van der Waals surface area contributed by atoms with Gasteiger partial charge in [-0.25, -0.2) is 0 Å². The van der Waals surface area contributed by atoms with Gasteiger partial charge in [0, 0.05) is 17.7 Å². The van der Waals surface area contributed by atoms with Crippen LogP contribution in [-0.2, 0) is 0 Å². The van der Waals surface area contributed by atoms with Gasteiger partial charge in [-0.05, 0) is 12.5 Å². The lowest BCUT2D eigenvalue weighted by molar-refractivity contribution is 1.17. The van der Waals surface area contributed by atoms with Crippen molar-refractivity contribution in [2.75, 3.05) is 5.33 Å². The number of nitrogens with zero attached hydrogens (tertiary/aromatic N) is 2. The lowest BCUT2D eigenvalue weighted by Gasteiger charge is -1.87. The maximum absolute atomic E-state index is 4.09.